The Bertz CT molecular complexity index is 467. The van der Waals surface area contributed by atoms with Crippen molar-refractivity contribution in [3.05, 3.63) is 29.8 Å². The van der Waals surface area contributed by atoms with E-state index in [1.165, 1.54) is 6.92 Å². The fraction of sp³-hybridized carbons (Fsp3) is 0.429. The summed E-state index contributed by atoms with van der Waals surface area (Å²) in [6.07, 6.45) is -0.438. The maximum Gasteiger partial charge on any atom is 0.306 e. The molecule has 1 aromatic rings. The van der Waals surface area contributed by atoms with Crippen LogP contribution in [0, 0.1) is 6.92 Å². The first-order valence-corrected chi connectivity index (χ1v) is 6.19. The fourth-order valence-electron chi connectivity index (χ4n) is 1.51. The third-order valence-corrected chi connectivity index (χ3v) is 2.59. The van der Waals surface area contributed by atoms with E-state index in [1.54, 1.807) is 12.1 Å². The Morgan fingerprint density at radius 2 is 1.90 bits per heavy atom. The number of ether oxygens (including phenoxy) is 1. The molecule has 0 spiro atoms. The number of benzene rings is 1. The molecule has 0 aliphatic rings. The molecule has 3 N–H and O–H groups in total. The van der Waals surface area contributed by atoms with E-state index in [0.717, 1.165) is 5.56 Å². The van der Waals surface area contributed by atoms with Crippen molar-refractivity contribution in [1.82, 2.24) is 5.32 Å². The number of carbonyl (C=O) groups excluding carboxylic acids is 1. The summed E-state index contributed by atoms with van der Waals surface area (Å²) in [6.45, 7) is 2.96. The summed E-state index contributed by atoms with van der Waals surface area (Å²) in [5.74, 6) is -0.973. The highest BCUT2D eigenvalue weighted by Gasteiger charge is 2.24. The van der Waals surface area contributed by atoms with Gasteiger partial charge in [-0.25, -0.2) is 0 Å². The maximum atomic E-state index is 11.5. The van der Waals surface area contributed by atoms with Crippen LogP contribution in [0.2, 0.25) is 0 Å². The molecule has 6 heteroatoms. The fourth-order valence-corrected chi connectivity index (χ4v) is 1.51. The van der Waals surface area contributed by atoms with Gasteiger partial charge in [0.1, 0.15) is 5.75 Å². The number of aliphatic hydroxyl groups is 1. The van der Waals surface area contributed by atoms with Gasteiger partial charge in [-0.1, -0.05) is 17.7 Å². The number of aliphatic carboxylic acids is 1. The van der Waals surface area contributed by atoms with Crippen LogP contribution >= 0.6 is 0 Å². The van der Waals surface area contributed by atoms with Gasteiger partial charge in [0.2, 0.25) is 0 Å². The summed E-state index contributed by atoms with van der Waals surface area (Å²) in [5.41, 5.74) is -0.391. The normalized spacial score (nSPS) is 13.3. The third kappa shape index (κ3) is 6.19. The van der Waals surface area contributed by atoms with Crippen molar-refractivity contribution in [3.8, 4) is 5.75 Å². The first-order chi connectivity index (χ1) is 9.28. The van der Waals surface area contributed by atoms with E-state index < -0.39 is 23.9 Å². The first kappa shape index (κ1) is 16.0. The molecule has 1 atom stereocenters. The van der Waals surface area contributed by atoms with Crippen LogP contribution in [0.3, 0.4) is 0 Å². The number of hydrogen-bond acceptors (Lipinski definition) is 4. The number of amides is 1. The van der Waals surface area contributed by atoms with E-state index in [0.29, 0.717) is 5.75 Å². The highest BCUT2D eigenvalue weighted by atomic mass is 16.5. The summed E-state index contributed by atoms with van der Waals surface area (Å²) in [6, 6.07) is 7.24. The predicted molar refractivity (Wildman–Crippen MR) is 72.6 cm³/mol. The van der Waals surface area contributed by atoms with Crippen LogP contribution in [0.25, 0.3) is 0 Å². The zero-order valence-electron chi connectivity index (χ0n) is 11.5. The molecule has 0 aromatic heterocycles. The predicted octanol–water partition coefficient (Wildman–Crippen LogP) is 0.716. The number of carbonyl (C=O) groups is 2. The molecule has 0 bridgehead atoms. The van der Waals surface area contributed by atoms with E-state index in [-0.39, 0.29) is 13.2 Å². The van der Waals surface area contributed by atoms with Gasteiger partial charge in [0, 0.05) is 6.54 Å². The van der Waals surface area contributed by atoms with Crippen LogP contribution < -0.4 is 10.1 Å². The van der Waals surface area contributed by atoms with Crippen molar-refractivity contribution in [2.45, 2.75) is 25.9 Å². The molecule has 0 aliphatic heterocycles. The molecule has 6 nitrogen and oxygen atoms in total. The minimum atomic E-state index is -1.48. The van der Waals surface area contributed by atoms with Crippen LogP contribution in [0.15, 0.2) is 24.3 Å². The second kappa shape index (κ2) is 6.91. The highest BCUT2D eigenvalue weighted by Crippen LogP contribution is 2.11. The van der Waals surface area contributed by atoms with Crippen LogP contribution in [-0.4, -0.2) is 40.8 Å². The lowest BCUT2D eigenvalue weighted by Gasteiger charge is -2.21. The van der Waals surface area contributed by atoms with Gasteiger partial charge >= 0.3 is 5.97 Å². The molecule has 0 saturated carbocycles. The van der Waals surface area contributed by atoms with Gasteiger partial charge in [-0.15, -0.1) is 0 Å². The Morgan fingerprint density at radius 3 is 2.45 bits per heavy atom. The van der Waals surface area contributed by atoms with Crippen molar-refractivity contribution < 1.29 is 24.5 Å². The molecule has 1 rings (SSSR count). The topological polar surface area (TPSA) is 95.9 Å². The summed E-state index contributed by atoms with van der Waals surface area (Å²) in [7, 11) is 0. The van der Waals surface area contributed by atoms with Crippen molar-refractivity contribution >= 4 is 11.9 Å². The standard InChI is InChI=1S/C14H19NO5/c1-10-3-5-11(6-4-10)20-8-12(16)15-9-14(2,19)7-13(17)18/h3-6,19H,7-9H2,1-2H3,(H,15,16)(H,17,18). The molecule has 1 unspecified atom stereocenters. The zero-order chi connectivity index (χ0) is 15.2. The lowest BCUT2D eigenvalue weighted by Crippen LogP contribution is -2.43. The van der Waals surface area contributed by atoms with Gasteiger partial charge in [-0.3, -0.25) is 9.59 Å². The first-order valence-electron chi connectivity index (χ1n) is 6.19. The summed E-state index contributed by atoms with van der Waals surface area (Å²) >= 11 is 0. The molecule has 0 saturated heterocycles. The van der Waals surface area contributed by atoms with Gasteiger partial charge in [-0.2, -0.15) is 0 Å². The number of nitrogens with one attached hydrogen (secondary N) is 1. The van der Waals surface area contributed by atoms with Crippen molar-refractivity contribution in [1.29, 1.82) is 0 Å². The van der Waals surface area contributed by atoms with Gasteiger partial charge in [0.15, 0.2) is 6.61 Å². The van der Waals surface area contributed by atoms with Crippen molar-refractivity contribution in [2.75, 3.05) is 13.2 Å². The Morgan fingerprint density at radius 1 is 1.30 bits per heavy atom. The molecular formula is C14H19NO5. The summed E-state index contributed by atoms with van der Waals surface area (Å²) < 4.78 is 5.26. The Hall–Kier alpha value is -2.08. The molecule has 0 radical (unpaired) electrons. The highest BCUT2D eigenvalue weighted by molar-refractivity contribution is 5.77. The molecule has 1 amide bonds. The molecule has 0 aliphatic carbocycles. The average Bonchev–Trinajstić information content (AvgIpc) is 2.34. The van der Waals surface area contributed by atoms with E-state index in [9.17, 15) is 14.7 Å². The quantitative estimate of drug-likeness (QED) is 0.684. The molecular weight excluding hydrogens is 262 g/mol. The average molecular weight is 281 g/mol. The number of aryl methyl sites for hydroxylation is 1. The van der Waals surface area contributed by atoms with Gasteiger partial charge in [-0.05, 0) is 26.0 Å². The lowest BCUT2D eigenvalue weighted by molar-refractivity contribution is -0.142. The number of rotatable bonds is 7. The third-order valence-electron chi connectivity index (χ3n) is 2.59. The lowest BCUT2D eigenvalue weighted by atomic mass is 10.0. The minimum absolute atomic E-state index is 0.143. The van der Waals surface area contributed by atoms with Crippen LogP contribution in [0.4, 0.5) is 0 Å². The van der Waals surface area contributed by atoms with Crippen molar-refractivity contribution in [2.24, 2.45) is 0 Å². The minimum Gasteiger partial charge on any atom is -0.484 e. The SMILES string of the molecule is Cc1ccc(OCC(=O)NCC(C)(O)CC(=O)O)cc1. The summed E-state index contributed by atoms with van der Waals surface area (Å²) in [5, 5.41) is 20.7. The van der Waals surface area contributed by atoms with E-state index in [4.69, 9.17) is 9.84 Å². The maximum absolute atomic E-state index is 11.5. The molecule has 0 heterocycles. The second-order valence-electron chi connectivity index (χ2n) is 4.95. The van der Waals surface area contributed by atoms with Gasteiger partial charge < -0.3 is 20.3 Å². The van der Waals surface area contributed by atoms with Crippen LogP contribution in [-0.2, 0) is 9.59 Å². The van der Waals surface area contributed by atoms with Crippen LogP contribution in [0.1, 0.15) is 18.9 Å². The Labute approximate surface area is 117 Å². The number of carboxylic acid groups (broad SMARTS) is 1. The summed E-state index contributed by atoms with van der Waals surface area (Å²) in [4.78, 5) is 22.0. The zero-order valence-corrected chi connectivity index (χ0v) is 11.5. The Kier molecular flexibility index (Phi) is 5.52. The monoisotopic (exact) mass is 281 g/mol. The Balaban J connectivity index is 2.33. The number of hydrogen-bond donors (Lipinski definition) is 3. The van der Waals surface area contributed by atoms with Gasteiger partial charge in [0.05, 0.1) is 12.0 Å². The van der Waals surface area contributed by atoms with Crippen molar-refractivity contribution in [3.63, 3.8) is 0 Å². The van der Waals surface area contributed by atoms with Gasteiger partial charge in [0.25, 0.3) is 5.91 Å². The molecule has 1 aromatic carbocycles. The van der Waals surface area contributed by atoms with Crippen LogP contribution in [0.5, 0.6) is 5.75 Å². The van der Waals surface area contributed by atoms with E-state index in [2.05, 4.69) is 5.32 Å². The second-order valence-corrected chi connectivity index (χ2v) is 4.95. The molecule has 110 valence electrons. The van der Waals surface area contributed by atoms with E-state index in [1.807, 2.05) is 19.1 Å². The smallest absolute Gasteiger partial charge is 0.306 e. The number of carboxylic acids is 1. The van der Waals surface area contributed by atoms with E-state index >= 15 is 0 Å². The molecule has 0 fully saturated rings. The molecule has 20 heavy (non-hydrogen) atoms. The largest absolute Gasteiger partial charge is 0.484 e.